The second kappa shape index (κ2) is 6.07. The Balaban J connectivity index is 2.49. The summed E-state index contributed by atoms with van der Waals surface area (Å²) in [6.07, 6.45) is 0. The first kappa shape index (κ1) is 12.4. The third-order valence-corrected chi connectivity index (χ3v) is 2.10. The van der Waals surface area contributed by atoms with Crippen molar-refractivity contribution in [2.24, 2.45) is 5.29 Å². The van der Waals surface area contributed by atoms with Crippen molar-refractivity contribution in [3.63, 3.8) is 0 Å². The second-order valence-corrected chi connectivity index (χ2v) is 3.78. The Bertz CT molecular complexity index is 356. The topological polar surface area (TPSA) is 61.8 Å². The van der Waals surface area contributed by atoms with Crippen molar-refractivity contribution in [1.82, 2.24) is 10.3 Å². The van der Waals surface area contributed by atoms with E-state index in [1.807, 2.05) is 30.3 Å². The molecule has 0 aliphatic rings. The Kier molecular flexibility index (Phi) is 4.72. The standard InChI is InChI=1S/C10H12ClN3O2/c1-8(11)14(13-16)10(15)12-7-9-5-3-2-4-6-9/h2-6,8H,7H2,1H3,(H,12,15). The van der Waals surface area contributed by atoms with E-state index in [2.05, 4.69) is 10.6 Å². The molecule has 0 aliphatic carbocycles. The lowest BCUT2D eigenvalue weighted by Crippen LogP contribution is -2.38. The van der Waals surface area contributed by atoms with Crippen LogP contribution in [0.2, 0.25) is 0 Å². The van der Waals surface area contributed by atoms with E-state index in [9.17, 15) is 9.70 Å². The first-order chi connectivity index (χ1) is 7.65. The molecule has 1 N–H and O–H groups in total. The van der Waals surface area contributed by atoms with Gasteiger partial charge >= 0.3 is 6.03 Å². The summed E-state index contributed by atoms with van der Waals surface area (Å²) >= 11 is 5.59. The number of benzene rings is 1. The van der Waals surface area contributed by atoms with Gasteiger partial charge in [0.2, 0.25) is 0 Å². The van der Waals surface area contributed by atoms with E-state index in [1.165, 1.54) is 6.92 Å². The molecule has 1 aromatic carbocycles. The van der Waals surface area contributed by atoms with Crippen LogP contribution in [0.15, 0.2) is 35.6 Å². The Morgan fingerprint density at radius 1 is 1.50 bits per heavy atom. The fourth-order valence-electron chi connectivity index (χ4n) is 1.12. The summed E-state index contributed by atoms with van der Waals surface area (Å²) < 4.78 is 0. The van der Waals surface area contributed by atoms with E-state index in [4.69, 9.17) is 11.6 Å². The molecule has 0 heterocycles. The minimum absolute atomic E-state index is 0.329. The maximum atomic E-state index is 11.4. The highest BCUT2D eigenvalue weighted by Crippen LogP contribution is 2.05. The molecule has 1 rings (SSSR count). The number of amides is 2. The van der Waals surface area contributed by atoms with Crippen molar-refractivity contribution in [3.05, 3.63) is 40.8 Å². The number of urea groups is 1. The largest absolute Gasteiger partial charge is 0.342 e. The predicted molar refractivity (Wildman–Crippen MR) is 61.6 cm³/mol. The zero-order valence-electron chi connectivity index (χ0n) is 8.76. The van der Waals surface area contributed by atoms with Gasteiger partial charge in [-0.3, -0.25) is 0 Å². The predicted octanol–water partition coefficient (Wildman–Crippen LogP) is 2.46. The summed E-state index contributed by atoms with van der Waals surface area (Å²) in [7, 11) is 0. The van der Waals surface area contributed by atoms with Crippen LogP contribution in [0, 0.1) is 4.91 Å². The molecule has 1 atom stereocenters. The lowest BCUT2D eigenvalue weighted by Gasteiger charge is -2.16. The summed E-state index contributed by atoms with van der Waals surface area (Å²) in [5.74, 6) is 0. The van der Waals surface area contributed by atoms with Gasteiger partial charge in [0.15, 0.2) is 0 Å². The maximum Gasteiger partial charge on any atom is 0.342 e. The van der Waals surface area contributed by atoms with Crippen LogP contribution in [0.3, 0.4) is 0 Å². The van der Waals surface area contributed by atoms with Crippen molar-refractivity contribution < 1.29 is 4.79 Å². The molecule has 0 aliphatic heterocycles. The number of hydrogen-bond donors (Lipinski definition) is 1. The van der Waals surface area contributed by atoms with Crippen molar-refractivity contribution in [2.45, 2.75) is 19.0 Å². The number of nitrogens with one attached hydrogen (secondary N) is 1. The van der Waals surface area contributed by atoms with Crippen molar-refractivity contribution in [2.75, 3.05) is 0 Å². The van der Waals surface area contributed by atoms with Crippen LogP contribution >= 0.6 is 11.6 Å². The molecule has 86 valence electrons. The monoisotopic (exact) mass is 241 g/mol. The maximum absolute atomic E-state index is 11.4. The van der Waals surface area contributed by atoms with Crippen LogP contribution < -0.4 is 5.32 Å². The summed E-state index contributed by atoms with van der Waals surface area (Å²) in [4.78, 5) is 21.8. The molecule has 0 bridgehead atoms. The molecule has 5 nitrogen and oxygen atoms in total. The Hall–Kier alpha value is -1.62. The molecule has 6 heteroatoms. The van der Waals surface area contributed by atoms with E-state index >= 15 is 0 Å². The van der Waals surface area contributed by atoms with E-state index < -0.39 is 11.5 Å². The number of hydrogen-bond acceptors (Lipinski definition) is 3. The third-order valence-electron chi connectivity index (χ3n) is 1.92. The van der Waals surface area contributed by atoms with Gasteiger partial charge in [-0.2, -0.15) is 5.01 Å². The van der Waals surface area contributed by atoms with E-state index in [0.717, 1.165) is 5.56 Å². The fraction of sp³-hybridized carbons (Fsp3) is 0.300. The molecule has 1 unspecified atom stereocenters. The molecule has 0 radical (unpaired) electrons. The highest BCUT2D eigenvalue weighted by molar-refractivity contribution is 6.20. The van der Waals surface area contributed by atoms with Gasteiger partial charge in [-0.05, 0) is 12.5 Å². The molecule has 2 amide bonds. The first-order valence-corrected chi connectivity index (χ1v) is 5.17. The van der Waals surface area contributed by atoms with Crippen LogP contribution in [0.1, 0.15) is 12.5 Å². The fourth-order valence-corrected chi connectivity index (χ4v) is 1.24. The minimum Gasteiger partial charge on any atom is -0.332 e. The average Bonchev–Trinajstić information content (AvgIpc) is 2.28. The quantitative estimate of drug-likeness (QED) is 0.381. The lowest BCUT2D eigenvalue weighted by molar-refractivity contribution is 0.195. The highest BCUT2D eigenvalue weighted by Gasteiger charge is 2.18. The molecule has 0 saturated carbocycles. The number of rotatable bonds is 4. The van der Waals surface area contributed by atoms with Crippen molar-refractivity contribution >= 4 is 17.6 Å². The normalized spacial score (nSPS) is 11.6. The number of carbonyl (C=O) groups is 1. The van der Waals surface area contributed by atoms with Gasteiger partial charge in [-0.1, -0.05) is 41.9 Å². The molecular formula is C10H12ClN3O2. The van der Waals surface area contributed by atoms with Gasteiger partial charge in [0, 0.05) is 6.54 Å². The number of nitrogens with zero attached hydrogens (tertiary/aromatic N) is 2. The number of halogens is 1. The highest BCUT2D eigenvalue weighted by atomic mass is 35.5. The van der Waals surface area contributed by atoms with E-state index in [1.54, 1.807) is 0 Å². The molecule has 0 spiro atoms. The van der Waals surface area contributed by atoms with E-state index in [-0.39, 0.29) is 0 Å². The number of alkyl halides is 1. The molecule has 0 saturated heterocycles. The van der Waals surface area contributed by atoms with Crippen molar-refractivity contribution in [1.29, 1.82) is 0 Å². The van der Waals surface area contributed by atoms with Crippen LogP contribution in [0.4, 0.5) is 4.79 Å². The summed E-state index contributed by atoms with van der Waals surface area (Å²) in [5.41, 5.74) is 0.164. The molecule has 0 aromatic heterocycles. The summed E-state index contributed by atoms with van der Waals surface area (Å²) in [6.45, 7) is 1.82. The Morgan fingerprint density at radius 3 is 2.62 bits per heavy atom. The summed E-state index contributed by atoms with van der Waals surface area (Å²) in [6, 6.07) is 8.72. The van der Waals surface area contributed by atoms with Crippen LogP contribution in [-0.4, -0.2) is 16.5 Å². The van der Waals surface area contributed by atoms with Crippen LogP contribution in [-0.2, 0) is 6.54 Å². The van der Waals surface area contributed by atoms with Gasteiger partial charge in [0.1, 0.15) is 5.50 Å². The van der Waals surface area contributed by atoms with E-state index in [0.29, 0.717) is 11.6 Å². The van der Waals surface area contributed by atoms with Gasteiger partial charge in [0.25, 0.3) is 0 Å². The van der Waals surface area contributed by atoms with Gasteiger partial charge in [0.05, 0.1) is 5.29 Å². The molecule has 1 aromatic rings. The molecular weight excluding hydrogens is 230 g/mol. The SMILES string of the molecule is CC(Cl)N(N=O)C(=O)NCc1ccccc1. The second-order valence-electron chi connectivity index (χ2n) is 3.14. The Morgan fingerprint density at radius 2 is 2.12 bits per heavy atom. The minimum atomic E-state index is -0.770. The zero-order valence-corrected chi connectivity index (χ0v) is 9.52. The first-order valence-electron chi connectivity index (χ1n) is 4.73. The van der Waals surface area contributed by atoms with Crippen LogP contribution in [0.25, 0.3) is 0 Å². The number of nitroso groups, excluding NO2 is 1. The number of carbonyl (C=O) groups excluding carboxylic acids is 1. The lowest BCUT2D eigenvalue weighted by atomic mass is 10.2. The Labute approximate surface area is 98.3 Å². The zero-order chi connectivity index (χ0) is 12.0. The van der Waals surface area contributed by atoms with Crippen molar-refractivity contribution in [3.8, 4) is 0 Å². The molecule has 16 heavy (non-hydrogen) atoms. The average molecular weight is 242 g/mol. The van der Waals surface area contributed by atoms with Gasteiger partial charge in [-0.15, -0.1) is 4.91 Å². The van der Waals surface area contributed by atoms with Gasteiger partial charge < -0.3 is 5.32 Å². The smallest absolute Gasteiger partial charge is 0.332 e. The van der Waals surface area contributed by atoms with Gasteiger partial charge in [-0.25, -0.2) is 4.79 Å². The van der Waals surface area contributed by atoms with Crippen LogP contribution in [0.5, 0.6) is 0 Å². The summed E-state index contributed by atoms with van der Waals surface area (Å²) in [5, 5.41) is 5.72. The third kappa shape index (κ3) is 3.51. The molecule has 0 fully saturated rings.